The molecule has 3 N–H and O–H groups in total. The van der Waals surface area contributed by atoms with Gasteiger partial charge in [-0.1, -0.05) is 12.1 Å². The molecule has 0 saturated carbocycles. The highest BCUT2D eigenvalue weighted by Crippen LogP contribution is 2.24. The highest BCUT2D eigenvalue weighted by atomic mass is 16.3. The first kappa shape index (κ1) is 25.0. The van der Waals surface area contributed by atoms with Crippen LogP contribution in [0.5, 0.6) is 0 Å². The number of hydrogen-bond acceptors (Lipinski definition) is 5. The lowest BCUT2D eigenvalue weighted by molar-refractivity contribution is -0.140. The summed E-state index contributed by atoms with van der Waals surface area (Å²) in [4.78, 5) is 42.8. The molecule has 0 radical (unpaired) electrons. The Labute approximate surface area is 226 Å². The highest BCUT2D eigenvalue weighted by molar-refractivity contribution is 6.05. The number of nitrogens with one attached hydrogen (secondary N) is 3. The Morgan fingerprint density at radius 2 is 1.90 bits per heavy atom. The molecule has 0 spiro atoms. The van der Waals surface area contributed by atoms with Gasteiger partial charge in [0, 0.05) is 30.7 Å². The van der Waals surface area contributed by atoms with Crippen LogP contribution in [0, 0.1) is 6.92 Å². The number of carbonyl (C=O) groups is 2. The predicted molar refractivity (Wildman–Crippen MR) is 152 cm³/mol. The number of furan rings is 1. The van der Waals surface area contributed by atoms with Crippen LogP contribution in [0.15, 0.2) is 57.9 Å². The Bertz CT molecular complexity index is 1500. The van der Waals surface area contributed by atoms with E-state index in [-0.39, 0.29) is 18.4 Å². The van der Waals surface area contributed by atoms with Crippen molar-refractivity contribution in [1.29, 1.82) is 0 Å². The van der Waals surface area contributed by atoms with Gasteiger partial charge in [0.2, 0.25) is 23.7 Å². The van der Waals surface area contributed by atoms with Crippen LogP contribution in [0.3, 0.4) is 0 Å². The van der Waals surface area contributed by atoms with Crippen molar-refractivity contribution < 1.29 is 14.0 Å². The van der Waals surface area contributed by atoms with Gasteiger partial charge in [-0.15, -0.1) is 0 Å². The standard InChI is InChI=1S/C29H33N7O3/c1-19-16-20-17-21(11-12-25(20)39-19)30-28(34-29-31-22-8-2-3-9-23(22)32-29)33-24-10-4-5-15-36(27(24)38)18-26(37)35-13-6-7-14-35/h2-3,8-9,11-12,16-17,24H,4-7,10,13-15,18H2,1H3,(H3,30,31,32,33,34). The number of para-hydroxylation sites is 2. The first-order valence-electron chi connectivity index (χ1n) is 13.7. The van der Waals surface area contributed by atoms with Gasteiger partial charge in [-0.2, -0.15) is 0 Å². The van der Waals surface area contributed by atoms with Gasteiger partial charge in [-0.05, 0) is 75.4 Å². The Hall–Kier alpha value is -4.34. The van der Waals surface area contributed by atoms with Crippen molar-refractivity contribution in [3.63, 3.8) is 0 Å². The molecule has 2 fully saturated rings. The number of likely N-dealkylation sites (tertiary alicyclic amines) is 2. The second-order valence-electron chi connectivity index (χ2n) is 10.3. The number of H-pyrrole nitrogens is 1. The Morgan fingerprint density at radius 3 is 2.74 bits per heavy atom. The van der Waals surface area contributed by atoms with Crippen molar-refractivity contribution in [2.24, 2.45) is 4.99 Å². The van der Waals surface area contributed by atoms with Gasteiger partial charge in [0.25, 0.3) is 0 Å². The molecule has 0 aliphatic carbocycles. The van der Waals surface area contributed by atoms with E-state index in [0.29, 0.717) is 24.9 Å². The summed E-state index contributed by atoms with van der Waals surface area (Å²) in [6.45, 7) is 4.15. The molecule has 10 heteroatoms. The molecule has 0 bridgehead atoms. The third-order valence-corrected chi connectivity index (χ3v) is 7.35. The van der Waals surface area contributed by atoms with Crippen molar-refractivity contribution in [2.45, 2.75) is 45.1 Å². The number of imidazole rings is 1. The molecular formula is C29H33N7O3. The number of benzene rings is 2. The van der Waals surface area contributed by atoms with Gasteiger partial charge in [0.15, 0.2) is 0 Å². The van der Waals surface area contributed by atoms with E-state index < -0.39 is 6.04 Å². The van der Waals surface area contributed by atoms with Gasteiger partial charge in [0.1, 0.15) is 17.4 Å². The van der Waals surface area contributed by atoms with Crippen LogP contribution < -0.4 is 10.6 Å². The maximum absolute atomic E-state index is 13.6. The monoisotopic (exact) mass is 527 g/mol. The third kappa shape index (κ3) is 5.59. The number of aliphatic imine (C=N–C) groups is 1. The first-order valence-corrected chi connectivity index (χ1v) is 13.7. The summed E-state index contributed by atoms with van der Waals surface area (Å²) in [5, 5.41) is 7.59. The zero-order valence-corrected chi connectivity index (χ0v) is 22.1. The highest BCUT2D eigenvalue weighted by Gasteiger charge is 2.30. The van der Waals surface area contributed by atoms with Gasteiger partial charge in [-0.25, -0.2) is 9.98 Å². The zero-order chi connectivity index (χ0) is 26.8. The first-order chi connectivity index (χ1) is 19.0. The molecule has 2 aliphatic heterocycles. The minimum Gasteiger partial charge on any atom is -0.461 e. The number of rotatable bonds is 5. The number of nitrogens with zero attached hydrogens (tertiary/aromatic N) is 4. The number of anilines is 2. The van der Waals surface area contributed by atoms with Crippen molar-refractivity contribution in [3.05, 3.63) is 54.3 Å². The van der Waals surface area contributed by atoms with Crippen molar-refractivity contribution in [1.82, 2.24) is 19.8 Å². The lowest BCUT2D eigenvalue weighted by Gasteiger charge is -2.25. The van der Waals surface area contributed by atoms with Crippen molar-refractivity contribution in [2.75, 3.05) is 36.8 Å². The number of carbonyl (C=O) groups excluding carboxylic acids is 2. The lowest BCUT2D eigenvalue weighted by Crippen LogP contribution is -2.45. The predicted octanol–water partition coefficient (Wildman–Crippen LogP) is 4.50. The molecule has 10 nitrogen and oxygen atoms in total. The average Bonchev–Trinajstić information content (AvgIpc) is 3.65. The van der Waals surface area contributed by atoms with Crippen molar-refractivity contribution >= 4 is 51.4 Å². The number of hydrogen-bond donors (Lipinski definition) is 3. The van der Waals surface area contributed by atoms with E-state index in [9.17, 15) is 9.59 Å². The van der Waals surface area contributed by atoms with Crippen LogP contribution in [-0.4, -0.2) is 69.8 Å². The zero-order valence-electron chi connectivity index (χ0n) is 22.1. The minimum absolute atomic E-state index is 0.0212. The van der Waals surface area contributed by atoms with Gasteiger partial charge < -0.3 is 24.5 Å². The molecule has 4 aromatic rings. The number of amides is 2. The summed E-state index contributed by atoms with van der Waals surface area (Å²) in [7, 11) is 0. The van der Waals surface area contributed by atoms with E-state index in [0.717, 1.165) is 72.2 Å². The van der Waals surface area contributed by atoms with Gasteiger partial charge >= 0.3 is 0 Å². The summed E-state index contributed by atoms with van der Waals surface area (Å²) < 4.78 is 5.72. The molecule has 2 saturated heterocycles. The average molecular weight is 528 g/mol. The number of guanidine groups is 1. The summed E-state index contributed by atoms with van der Waals surface area (Å²) in [6, 6.07) is 14.9. The van der Waals surface area contributed by atoms with Gasteiger partial charge in [-0.3, -0.25) is 14.9 Å². The van der Waals surface area contributed by atoms with E-state index in [4.69, 9.17) is 9.41 Å². The molecule has 4 heterocycles. The molecular weight excluding hydrogens is 494 g/mol. The second-order valence-corrected chi connectivity index (χ2v) is 10.3. The van der Waals surface area contributed by atoms with Crippen LogP contribution in [0.4, 0.5) is 11.6 Å². The summed E-state index contributed by atoms with van der Waals surface area (Å²) in [6.07, 6.45) is 4.37. The van der Waals surface area contributed by atoms with E-state index >= 15 is 0 Å². The number of aromatic amines is 1. The Morgan fingerprint density at radius 1 is 1.08 bits per heavy atom. The van der Waals surface area contributed by atoms with E-state index in [1.807, 2.05) is 60.4 Å². The number of aromatic nitrogens is 2. The number of fused-ring (bicyclic) bond motifs is 2. The minimum atomic E-state index is -0.613. The van der Waals surface area contributed by atoms with Crippen LogP contribution >= 0.6 is 0 Å². The fourth-order valence-corrected chi connectivity index (χ4v) is 5.36. The Balaban J connectivity index is 1.28. The molecule has 2 aromatic heterocycles. The summed E-state index contributed by atoms with van der Waals surface area (Å²) >= 11 is 0. The lowest BCUT2D eigenvalue weighted by atomic mass is 10.1. The molecule has 2 aliphatic rings. The van der Waals surface area contributed by atoms with Crippen LogP contribution in [-0.2, 0) is 9.59 Å². The topological polar surface area (TPSA) is 119 Å². The molecule has 1 unspecified atom stereocenters. The fraction of sp³-hybridized carbons (Fsp3) is 0.379. The second kappa shape index (κ2) is 10.8. The van der Waals surface area contributed by atoms with Crippen LogP contribution in [0.1, 0.15) is 37.9 Å². The Kier molecular flexibility index (Phi) is 6.91. The smallest absolute Gasteiger partial charge is 0.247 e. The summed E-state index contributed by atoms with van der Waals surface area (Å²) in [5.74, 6) is 1.66. The maximum atomic E-state index is 13.6. The van der Waals surface area contributed by atoms with Gasteiger partial charge in [0.05, 0.1) is 17.6 Å². The van der Waals surface area contributed by atoms with E-state index in [2.05, 4.69) is 20.6 Å². The van der Waals surface area contributed by atoms with Crippen LogP contribution in [0.25, 0.3) is 22.0 Å². The van der Waals surface area contributed by atoms with Crippen molar-refractivity contribution in [3.8, 4) is 0 Å². The molecule has 1 atom stereocenters. The molecule has 202 valence electrons. The largest absolute Gasteiger partial charge is 0.461 e. The molecule has 2 aromatic carbocycles. The molecule has 6 rings (SSSR count). The summed E-state index contributed by atoms with van der Waals surface area (Å²) in [5.41, 5.74) is 3.32. The molecule has 39 heavy (non-hydrogen) atoms. The van der Waals surface area contributed by atoms with E-state index in [1.54, 1.807) is 4.90 Å². The van der Waals surface area contributed by atoms with E-state index in [1.165, 1.54) is 0 Å². The number of aryl methyl sites for hydroxylation is 1. The quantitative estimate of drug-likeness (QED) is 0.260. The van der Waals surface area contributed by atoms with Crippen LogP contribution in [0.2, 0.25) is 0 Å². The normalized spacial score (nSPS) is 18.6. The molecule has 2 amide bonds. The SMILES string of the molecule is Cc1cc2cc(NC(=NC3CCCCN(CC(=O)N4CCCC4)C3=O)Nc3nc4ccccc4[nH]3)ccc2o1. The third-order valence-electron chi connectivity index (χ3n) is 7.35. The fourth-order valence-electron chi connectivity index (χ4n) is 5.36. The maximum Gasteiger partial charge on any atom is 0.247 e.